The second-order valence-electron chi connectivity index (χ2n) is 5.05. The van der Waals surface area contributed by atoms with E-state index in [1.807, 2.05) is 27.0 Å². The highest BCUT2D eigenvalue weighted by Gasteiger charge is 2.15. The van der Waals surface area contributed by atoms with Gasteiger partial charge in [0.1, 0.15) is 12.0 Å². The van der Waals surface area contributed by atoms with Crippen LogP contribution >= 0.6 is 0 Å². The molecule has 6 nitrogen and oxygen atoms in total. The normalized spacial score (nSPS) is 10.8. The van der Waals surface area contributed by atoms with Crippen molar-refractivity contribution in [1.82, 2.24) is 19.7 Å². The molecule has 0 saturated heterocycles. The van der Waals surface area contributed by atoms with Gasteiger partial charge in [0.2, 0.25) is 0 Å². The van der Waals surface area contributed by atoms with Gasteiger partial charge in [-0.3, -0.25) is 0 Å². The van der Waals surface area contributed by atoms with Crippen LogP contribution in [-0.2, 0) is 0 Å². The number of rotatable bonds is 5. The summed E-state index contributed by atoms with van der Waals surface area (Å²) in [5.41, 5.74) is 8.76. The SMILES string of the molecule is CCCCN(C)c1ncnc(-n2nc(C)cc2C)c1N. The number of hydrogen-bond acceptors (Lipinski definition) is 5. The lowest BCUT2D eigenvalue weighted by molar-refractivity contribution is 0.754. The van der Waals surface area contributed by atoms with Crippen LogP contribution in [0.5, 0.6) is 0 Å². The van der Waals surface area contributed by atoms with Crippen molar-refractivity contribution in [3.8, 4) is 5.82 Å². The Morgan fingerprint density at radius 3 is 2.65 bits per heavy atom. The van der Waals surface area contributed by atoms with E-state index < -0.39 is 0 Å². The summed E-state index contributed by atoms with van der Waals surface area (Å²) in [5.74, 6) is 1.40. The Morgan fingerprint density at radius 2 is 2.05 bits per heavy atom. The van der Waals surface area contributed by atoms with Gasteiger partial charge in [0.15, 0.2) is 11.6 Å². The summed E-state index contributed by atoms with van der Waals surface area (Å²) in [7, 11) is 2.00. The predicted octanol–water partition coefficient (Wildman–Crippen LogP) is 2.10. The molecule has 2 N–H and O–H groups in total. The van der Waals surface area contributed by atoms with Crippen LogP contribution in [0.1, 0.15) is 31.2 Å². The minimum absolute atomic E-state index is 0.567. The Labute approximate surface area is 119 Å². The van der Waals surface area contributed by atoms with Crippen LogP contribution in [0.15, 0.2) is 12.4 Å². The minimum atomic E-state index is 0.567. The first-order chi connectivity index (χ1) is 9.54. The van der Waals surface area contributed by atoms with E-state index in [2.05, 4.69) is 26.9 Å². The molecular weight excluding hydrogens is 252 g/mol. The number of aromatic nitrogens is 4. The summed E-state index contributed by atoms with van der Waals surface area (Å²) in [6.45, 7) is 7.03. The third-order valence-corrected chi connectivity index (χ3v) is 3.26. The standard InChI is InChI=1S/C14H22N6/c1-5-6-7-19(4)13-12(15)14(17-9-16-13)20-11(3)8-10(2)18-20/h8-9H,5-7,15H2,1-4H3. The Hall–Kier alpha value is -2.11. The van der Waals surface area contributed by atoms with Gasteiger partial charge < -0.3 is 10.6 Å². The van der Waals surface area contributed by atoms with Gasteiger partial charge in [0.25, 0.3) is 0 Å². The van der Waals surface area contributed by atoms with Gasteiger partial charge in [-0.2, -0.15) is 5.10 Å². The average Bonchev–Trinajstić information content (AvgIpc) is 2.75. The highest BCUT2D eigenvalue weighted by molar-refractivity contribution is 5.70. The van der Waals surface area contributed by atoms with E-state index in [9.17, 15) is 0 Å². The van der Waals surface area contributed by atoms with E-state index in [1.165, 1.54) is 0 Å². The first kappa shape index (κ1) is 14.3. The van der Waals surface area contributed by atoms with Crippen molar-refractivity contribution in [3.63, 3.8) is 0 Å². The highest BCUT2D eigenvalue weighted by atomic mass is 15.3. The number of anilines is 2. The largest absolute Gasteiger partial charge is 0.393 e. The second kappa shape index (κ2) is 5.90. The molecule has 0 spiro atoms. The van der Waals surface area contributed by atoms with Gasteiger partial charge in [-0.1, -0.05) is 13.3 Å². The molecule has 20 heavy (non-hydrogen) atoms. The molecule has 0 atom stereocenters. The smallest absolute Gasteiger partial charge is 0.182 e. The number of hydrogen-bond donors (Lipinski definition) is 1. The third kappa shape index (κ3) is 2.74. The van der Waals surface area contributed by atoms with Crippen LogP contribution in [-0.4, -0.2) is 33.3 Å². The first-order valence-electron chi connectivity index (χ1n) is 6.89. The zero-order valence-corrected chi connectivity index (χ0v) is 12.6. The quantitative estimate of drug-likeness (QED) is 0.904. The third-order valence-electron chi connectivity index (χ3n) is 3.26. The predicted molar refractivity (Wildman–Crippen MR) is 81.2 cm³/mol. The summed E-state index contributed by atoms with van der Waals surface area (Å²) in [5, 5.41) is 4.43. The molecule has 2 aromatic rings. The van der Waals surface area contributed by atoms with Gasteiger partial charge >= 0.3 is 0 Å². The molecule has 2 heterocycles. The highest BCUT2D eigenvalue weighted by Crippen LogP contribution is 2.25. The van der Waals surface area contributed by atoms with E-state index in [0.717, 1.165) is 36.6 Å². The Bertz CT molecular complexity index is 589. The fraction of sp³-hybridized carbons (Fsp3) is 0.500. The molecule has 0 aromatic carbocycles. The van der Waals surface area contributed by atoms with Crippen molar-refractivity contribution >= 4 is 11.5 Å². The van der Waals surface area contributed by atoms with E-state index in [4.69, 9.17) is 5.73 Å². The van der Waals surface area contributed by atoms with Crippen LogP contribution in [0.2, 0.25) is 0 Å². The molecule has 2 rings (SSSR count). The average molecular weight is 274 g/mol. The van der Waals surface area contributed by atoms with Gasteiger partial charge in [-0.15, -0.1) is 0 Å². The maximum atomic E-state index is 6.24. The summed E-state index contributed by atoms with van der Waals surface area (Å²) >= 11 is 0. The molecule has 2 aromatic heterocycles. The van der Waals surface area contributed by atoms with E-state index in [1.54, 1.807) is 11.0 Å². The van der Waals surface area contributed by atoms with Gasteiger partial charge in [0, 0.05) is 19.3 Å². The number of nitrogens with two attached hydrogens (primary N) is 1. The number of aryl methyl sites for hydroxylation is 2. The first-order valence-corrected chi connectivity index (χ1v) is 6.89. The number of unbranched alkanes of at least 4 members (excludes halogenated alkanes) is 1. The molecule has 6 heteroatoms. The summed E-state index contributed by atoms with van der Waals surface area (Å²) in [6.07, 6.45) is 3.79. The van der Waals surface area contributed by atoms with Crippen molar-refractivity contribution < 1.29 is 0 Å². The van der Waals surface area contributed by atoms with Gasteiger partial charge in [-0.25, -0.2) is 14.6 Å². The van der Waals surface area contributed by atoms with Crippen LogP contribution in [0.4, 0.5) is 11.5 Å². The lowest BCUT2D eigenvalue weighted by Crippen LogP contribution is -2.22. The zero-order chi connectivity index (χ0) is 14.7. The molecule has 108 valence electrons. The van der Waals surface area contributed by atoms with Crippen molar-refractivity contribution in [2.45, 2.75) is 33.6 Å². The van der Waals surface area contributed by atoms with E-state index in [0.29, 0.717) is 11.5 Å². The van der Waals surface area contributed by atoms with Crippen LogP contribution in [0.3, 0.4) is 0 Å². The molecular formula is C14H22N6. The topological polar surface area (TPSA) is 72.9 Å². The Balaban J connectivity index is 2.39. The fourth-order valence-corrected chi connectivity index (χ4v) is 2.19. The monoisotopic (exact) mass is 274 g/mol. The Kier molecular flexibility index (Phi) is 4.22. The Morgan fingerprint density at radius 1 is 1.30 bits per heavy atom. The molecule has 0 unspecified atom stereocenters. The van der Waals surface area contributed by atoms with E-state index in [-0.39, 0.29) is 0 Å². The van der Waals surface area contributed by atoms with Crippen molar-refractivity contribution in [3.05, 3.63) is 23.8 Å². The molecule has 0 aliphatic heterocycles. The van der Waals surface area contributed by atoms with Crippen LogP contribution < -0.4 is 10.6 Å². The van der Waals surface area contributed by atoms with Crippen LogP contribution in [0.25, 0.3) is 5.82 Å². The lowest BCUT2D eigenvalue weighted by Gasteiger charge is -2.20. The van der Waals surface area contributed by atoms with Gasteiger partial charge in [0.05, 0.1) is 5.69 Å². The van der Waals surface area contributed by atoms with Gasteiger partial charge in [-0.05, 0) is 26.3 Å². The van der Waals surface area contributed by atoms with Crippen LogP contribution in [0, 0.1) is 13.8 Å². The van der Waals surface area contributed by atoms with E-state index >= 15 is 0 Å². The number of nitrogens with zero attached hydrogens (tertiary/aromatic N) is 5. The molecule has 0 bridgehead atoms. The maximum absolute atomic E-state index is 6.24. The summed E-state index contributed by atoms with van der Waals surface area (Å²) in [4.78, 5) is 10.7. The molecule has 0 amide bonds. The summed E-state index contributed by atoms with van der Waals surface area (Å²) in [6, 6.07) is 2.00. The molecule has 0 radical (unpaired) electrons. The molecule has 0 fully saturated rings. The maximum Gasteiger partial charge on any atom is 0.182 e. The lowest BCUT2D eigenvalue weighted by atomic mass is 10.3. The van der Waals surface area contributed by atoms with Crippen molar-refractivity contribution in [2.75, 3.05) is 24.2 Å². The fourth-order valence-electron chi connectivity index (χ4n) is 2.19. The zero-order valence-electron chi connectivity index (χ0n) is 12.6. The molecule has 0 aliphatic carbocycles. The molecule has 0 aliphatic rings. The summed E-state index contributed by atoms with van der Waals surface area (Å²) < 4.78 is 1.77. The second-order valence-corrected chi connectivity index (χ2v) is 5.05. The molecule has 0 saturated carbocycles. The number of nitrogen functional groups attached to an aromatic ring is 1. The minimum Gasteiger partial charge on any atom is -0.393 e. The van der Waals surface area contributed by atoms with Crippen molar-refractivity contribution in [2.24, 2.45) is 0 Å². The van der Waals surface area contributed by atoms with Crippen molar-refractivity contribution in [1.29, 1.82) is 0 Å².